The normalized spacial score (nSPS) is 16.9. The molecule has 0 unspecified atom stereocenters. The zero-order valence-electron chi connectivity index (χ0n) is 8.17. The topological polar surface area (TPSA) is 20.3 Å². The van der Waals surface area contributed by atoms with E-state index in [0.717, 1.165) is 5.69 Å². The number of piperidine rings is 1. The molecule has 0 aromatic heterocycles. The minimum atomic E-state index is -0.339. The number of benzene rings is 1. The molecule has 0 saturated carbocycles. The second-order valence-corrected chi connectivity index (χ2v) is 4.09. The van der Waals surface area contributed by atoms with Gasteiger partial charge in [-0.1, -0.05) is 11.6 Å². The van der Waals surface area contributed by atoms with E-state index in [1.807, 2.05) is 4.90 Å². The Bertz CT molecular complexity index is 364. The average molecular weight is 228 g/mol. The van der Waals surface area contributed by atoms with Crippen LogP contribution in [0, 0.1) is 5.82 Å². The molecule has 0 amide bonds. The van der Waals surface area contributed by atoms with Crippen molar-refractivity contribution in [2.75, 3.05) is 18.0 Å². The van der Waals surface area contributed by atoms with Crippen molar-refractivity contribution >= 4 is 23.1 Å². The number of halogens is 2. The number of rotatable bonds is 1. The minimum absolute atomic E-state index is 0.272. The quantitative estimate of drug-likeness (QED) is 0.735. The molecular formula is C11H11ClFNO. The maximum atomic E-state index is 13.1. The Morgan fingerprint density at radius 1 is 1.20 bits per heavy atom. The first-order valence-corrected chi connectivity index (χ1v) is 5.26. The summed E-state index contributed by atoms with van der Waals surface area (Å²) in [4.78, 5) is 13.0. The molecule has 4 heteroatoms. The molecule has 1 fully saturated rings. The third-order valence-corrected chi connectivity index (χ3v) is 2.75. The van der Waals surface area contributed by atoms with Crippen LogP contribution in [0.3, 0.4) is 0 Å². The van der Waals surface area contributed by atoms with Crippen molar-refractivity contribution in [2.24, 2.45) is 0 Å². The summed E-state index contributed by atoms with van der Waals surface area (Å²) in [5, 5.41) is 0.391. The average Bonchev–Trinajstić information content (AvgIpc) is 2.17. The molecule has 1 heterocycles. The van der Waals surface area contributed by atoms with E-state index in [9.17, 15) is 9.18 Å². The van der Waals surface area contributed by atoms with Crippen LogP contribution in [0.5, 0.6) is 0 Å². The molecule has 0 radical (unpaired) electrons. The van der Waals surface area contributed by atoms with Gasteiger partial charge in [0.1, 0.15) is 11.6 Å². The highest BCUT2D eigenvalue weighted by molar-refractivity contribution is 6.30. The van der Waals surface area contributed by atoms with Crippen LogP contribution < -0.4 is 4.90 Å². The van der Waals surface area contributed by atoms with Crippen LogP contribution in [0.4, 0.5) is 10.1 Å². The molecule has 0 atom stereocenters. The first-order valence-electron chi connectivity index (χ1n) is 4.88. The molecular weight excluding hydrogens is 217 g/mol. The lowest BCUT2D eigenvalue weighted by molar-refractivity contribution is -0.119. The summed E-state index contributed by atoms with van der Waals surface area (Å²) in [5.74, 6) is -0.0665. The van der Waals surface area contributed by atoms with Crippen molar-refractivity contribution in [2.45, 2.75) is 12.8 Å². The predicted octanol–water partition coefficient (Wildman–Crippen LogP) is 2.65. The van der Waals surface area contributed by atoms with Crippen molar-refractivity contribution in [3.63, 3.8) is 0 Å². The smallest absolute Gasteiger partial charge is 0.136 e. The summed E-state index contributed by atoms with van der Waals surface area (Å²) in [7, 11) is 0. The van der Waals surface area contributed by atoms with E-state index < -0.39 is 0 Å². The van der Waals surface area contributed by atoms with Crippen molar-refractivity contribution in [3.05, 3.63) is 29.0 Å². The molecule has 1 aromatic carbocycles. The van der Waals surface area contributed by atoms with Gasteiger partial charge in [-0.2, -0.15) is 0 Å². The van der Waals surface area contributed by atoms with Crippen LogP contribution in [-0.4, -0.2) is 18.9 Å². The van der Waals surface area contributed by atoms with E-state index >= 15 is 0 Å². The highest BCUT2D eigenvalue weighted by Gasteiger charge is 2.17. The van der Waals surface area contributed by atoms with Crippen LogP contribution in [0.2, 0.25) is 5.02 Å². The lowest BCUT2D eigenvalue weighted by atomic mass is 10.1. The zero-order chi connectivity index (χ0) is 10.8. The summed E-state index contributed by atoms with van der Waals surface area (Å²) in [6, 6.07) is 4.45. The molecule has 15 heavy (non-hydrogen) atoms. The molecule has 2 nitrogen and oxygen atoms in total. The number of nitrogens with zero attached hydrogens (tertiary/aromatic N) is 1. The maximum absolute atomic E-state index is 13.1. The van der Waals surface area contributed by atoms with E-state index in [-0.39, 0.29) is 11.6 Å². The van der Waals surface area contributed by atoms with Crippen molar-refractivity contribution in [3.8, 4) is 0 Å². The molecule has 0 N–H and O–H groups in total. The van der Waals surface area contributed by atoms with Crippen LogP contribution in [0.1, 0.15) is 12.8 Å². The Hall–Kier alpha value is -1.09. The number of ketones is 1. The van der Waals surface area contributed by atoms with Gasteiger partial charge in [-0.15, -0.1) is 0 Å². The number of hydrogen-bond acceptors (Lipinski definition) is 2. The van der Waals surface area contributed by atoms with Gasteiger partial charge in [0.05, 0.1) is 0 Å². The molecule has 0 spiro atoms. The lowest BCUT2D eigenvalue weighted by Gasteiger charge is -2.28. The third-order valence-electron chi connectivity index (χ3n) is 2.53. The van der Waals surface area contributed by atoms with Gasteiger partial charge in [0.2, 0.25) is 0 Å². The standard InChI is InChI=1S/C11H11ClFNO/c12-8-5-9(13)7-10(6-8)14-3-1-11(15)2-4-14/h5-7H,1-4H2. The highest BCUT2D eigenvalue weighted by atomic mass is 35.5. The van der Waals surface area contributed by atoms with Gasteiger partial charge in [0, 0.05) is 36.6 Å². The van der Waals surface area contributed by atoms with Gasteiger partial charge in [0.15, 0.2) is 0 Å². The first kappa shape index (κ1) is 10.4. The zero-order valence-corrected chi connectivity index (χ0v) is 8.93. The maximum Gasteiger partial charge on any atom is 0.136 e. The molecule has 2 rings (SSSR count). The number of carbonyl (C=O) groups excluding carboxylic acids is 1. The Kier molecular flexibility index (Phi) is 2.91. The van der Waals surface area contributed by atoms with Gasteiger partial charge in [-0.25, -0.2) is 4.39 Å². The molecule has 1 saturated heterocycles. The van der Waals surface area contributed by atoms with Crippen molar-refractivity contribution in [1.82, 2.24) is 0 Å². The van der Waals surface area contributed by atoms with Gasteiger partial charge in [-0.05, 0) is 18.2 Å². The van der Waals surface area contributed by atoms with E-state index in [2.05, 4.69) is 0 Å². The van der Waals surface area contributed by atoms with Crippen LogP contribution >= 0.6 is 11.6 Å². The minimum Gasteiger partial charge on any atom is -0.371 e. The second-order valence-electron chi connectivity index (χ2n) is 3.65. The summed E-state index contributed by atoms with van der Waals surface area (Å²) in [5.41, 5.74) is 0.757. The fourth-order valence-electron chi connectivity index (χ4n) is 1.74. The summed E-state index contributed by atoms with van der Waals surface area (Å²) in [6.07, 6.45) is 1.07. The highest BCUT2D eigenvalue weighted by Crippen LogP contribution is 2.23. The van der Waals surface area contributed by atoms with Crippen LogP contribution in [-0.2, 0) is 4.79 Å². The Morgan fingerprint density at radius 3 is 2.47 bits per heavy atom. The summed E-state index contributed by atoms with van der Waals surface area (Å²) >= 11 is 5.76. The molecule has 0 aliphatic carbocycles. The SMILES string of the molecule is O=C1CCN(c2cc(F)cc(Cl)c2)CC1. The van der Waals surface area contributed by atoms with E-state index in [0.29, 0.717) is 31.0 Å². The van der Waals surface area contributed by atoms with E-state index in [1.165, 1.54) is 12.1 Å². The van der Waals surface area contributed by atoms with Gasteiger partial charge >= 0.3 is 0 Å². The number of anilines is 1. The van der Waals surface area contributed by atoms with Crippen LogP contribution in [0.15, 0.2) is 18.2 Å². The summed E-state index contributed by atoms with van der Waals surface area (Å²) < 4.78 is 13.1. The molecule has 80 valence electrons. The Labute approximate surface area is 92.6 Å². The fourth-order valence-corrected chi connectivity index (χ4v) is 1.95. The first-order chi connectivity index (χ1) is 7.15. The van der Waals surface area contributed by atoms with Gasteiger partial charge in [0.25, 0.3) is 0 Å². The van der Waals surface area contributed by atoms with Crippen molar-refractivity contribution < 1.29 is 9.18 Å². The van der Waals surface area contributed by atoms with E-state index in [1.54, 1.807) is 6.07 Å². The monoisotopic (exact) mass is 227 g/mol. The third kappa shape index (κ3) is 2.48. The fraction of sp³-hybridized carbons (Fsp3) is 0.364. The Balaban J connectivity index is 2.18. The molecule has 1 aromatic rings. The number of carbonyl (C=O) groups is 1. The number of Topliss-reactive ketones (excluding diaryl/α,β-unsaturated/α-hetero) is 1. The Morgan fingerprint density at radius 2 is 1.87 bits per heavy atom. The largest absolute Gasteiger partial charge is 0.371 e. The summed E-state index contributed by atoms with van der Waals surface area (Å²) in [6.45, 7) is 1.30. The van der Waals surface area contributed by atoms with Crippen LogP contribution in [0.25, 0.3) is 0 Å². The van der Waals surface area contributed by atoms with Gasteiger partial charge < -0.3 is 4.90 Å². The molecule has 0 bridgehead atoms. The lowest BCUT2D eigenvalue weighted by Crippen LogP contribution is -2.33. The van der Waals surface area contributed by atoms with E-state index in [4.69, 9.17) is 11.6 Å². The number of hydrogen-bond donors (Lipinski definition) is 0. The van der Waals surface area contributed by atoms with Gasteiger partial charge in [-0.3, -0.25) is 4.79 Å². The second kappa shape index (κ2) is 4.19. The predicted molar refractivity (Wildman–Crippen MR) is 57.9 cm³/mol. The molecule has 1 aliphatic rings. The molecule has 1 aliphatic heterocycles. The van der Waals surface area contributed by atoms with Crippen molar-refractivity contribution in [1.29, 1.82) is 0 Å².